The van der Waals surface area contributed by atoms with Gasteiger partial charge in [-0.25, -0.2) is 4.79 Å². The lowest BCUT2D eigenvalue weighted by Crippen LogP contribution is -2.37. The number of thiophene rings is 1. The molecule has 0 saturated heterocycles. The van der Waals surface area contributed by atoms with Crippen LogP contribution in [0.25, 0.3) is 0 Å². The Morgan fingerprint density at radius 3 is 2.54 bits per heavy atom. The Morgan fingerprint density at radius 1 is 1.08 bits per heavy atom. The van der Waals surface area contributed by atoms with Crippen molar-refractivity contribution in [1.82, 2.24) is 10.6 Å². The molecule has 3 aromatic rings. The number of aryl methyl sites for hydroxylation is 1. The van der Waals surface area contributed by atoms with Gasteiger partial charge in [0.15, 0.2) is 0 Å². The predicted molar refractivity (Wildman–Crippen MR) is 106 cm³/mol. The summed E-state index contributed by atoms with van der Waals surface area (Å²) < 4.78 is 5.33. The van der Waals surface area contributed by atoms with Gasteiger partial charge < -0.3 is 15.4 Å². The summed E-state index contributed by atoms with van der Waals surface area (Å²) in [5.41, 5.74) is 3.19. The molecule has 26 heavy (non-hydrogen) atoms. The summed E-state index contributed by atoms with van der Waals surface area (Å²) in [6.45, 7) is 2.46. The highest BCUT2D eigenvalue weighted by Crippen LogP contribution is 2.26. The Bertz CT molecular complexity index is 845. The van der Waals surface area contributed by atoms with E-state index in [0.29, 0.717) is 6.54 Å². The Balaban J connectivity index is 1.70. The zero-order chi connectivity index (χ0) is 18.4. The van der Waals surface area contributed by atoms with Gasteiger partial charge in [0.05, 0.1) is 13.2 Å². The lowest BCUT2D eigenvalue weighted by atomic mass is 10.0. The maximum absolute atomic E-state index is 12.5. The van der Waals surface area contributed by atoms with Crippen LogP contribution in [0.2, 0.25) is 0 Å². The number of amides is 2. The standard InChI is InChI=1S/C21H22N2O2S/c1-15-9-11-16(12-10-15)20(19-8-5-13-26-19)23-21(24)22-14-17-6-3-4-7-18(17)25-2/h3-13,20H,14H2,1-2H3,(H2,22,23,24)/t20-/m1/s1. The third-order valence-corrected chi connectivity index (χ3v) is 5.08. The number of benzene rings is 2. The number of nitrogens with one attached hydrogen (secondary N) is 2. The fourth-order valence-corrected chi connectivity index (χ4v) is 3.54. The molecule has 0 saturated carbocycles. The predicted octanol–water partition coefficient (Wildman–Crippen LogP) is 4.65. The molecule has 1 aromatic heterocycles. The summed E-state index contributed by atoms with van der Waals surface area (Å²) >= 11 is 1.63. The van der Waals surface area contributed by atoms with E-state index in [1.165, 1.54) is 5.56 Å². The highest BCUT2D eigenvalue weighted by molar-refractivity contribution is 7.10. The molecule has 134 valence electrons. The normalized spacial score (nSPS) is 11.6. The molecule has 0 unspecified atom stereocenters. The van der Waals surface area contributed by atoms with Gasteiger partial charge in [-0.3, -0.25) is 0 Å². The molecule has 2 aromatic carbocycles. The van der Waals surface area contributed by atoms with Crippen molar-refractivity contribution in [3.05, 3.63) is 87.6 Å². The van der Waals surface area contributed by atoms with Crippen LogP contribution in [0.15, 0.2) is 66.0 Å². The van der Waals surface area contributed by atoms with E-state index in [0.717, 1.165) is 21.8 Å². The van der Waals surface area contributed by atoms with E-state index in [1.54, 1.807) is 18.4 Å². The second-order valence-electron chi connectivity index (χ2n) is 6.00. The molecule has 0 aliphatic carbocycles. The highest BCUT2D eigenvalue weighted by Gasteiger charge is 2.18. The molecule has 2 amide bonds. The molecule has 0 radical (unpaired) electrons. The molecule has 1 atom stereocenters. The summed E-state index contributed by atoms with van der Waals surface area (Å²) in [4.78, 5) is 13.6. The largest absolute Gasteiger partial charge is 0.496 e. The first-order valence-electron chi connectivity index (χ1n) is 8.43. The number of carbonyl (C=O) groups excluding carboxylic acids is 1. The molecule has 2 N–H and O–H groups in total. The van der Waals surface area contributed by atoms with Gasteiger partial charge in [-0.15, -0.1) is 11.3 Å². The van der Waals surface area contributed by atoms with E-state index < -0.39 is 0 Å². The van der Waals surface area contributed by atoms with Gasteiger partial charge in [0.25, 0.3) is 0 Å². The van der Waals surface area contributed by atoms with Crippen molar-refractivity contribution in [2.24, 2.45) is 0 Å². The zero-order valence-electron chi connectivity index (χ0n) is 14.9. The van der Waals surface area contributed by atoms with Gasteiger partial charge in [0, 0.05) is 17.0 Å². The van der Waals surface area contributed by atoms with Gasteiger partial charge in [0.1, 0.15) is 5.75 Å². The summed E-state index contributed by atoms with van der Waals surface area (Å²) in [6.07, 6.45) is 0. The fraction of sp³-hybridized carbons (Fsp3) is 0.190. The lowest BCUT2D eigenvalue weighted by molar-refractivity contribution is 0.238. The molecule has 1 heterocycles. The number of rotatable bonds is 6. The third kappa shape index (κ3) is 4.43. The maximum atomic E-state index is 12.5. The Labute approximate surface area is 157 Å². The molecule has 0 spiro atoms. The first-order chi connectivity index (χ1) is 12.7. The van der Waals surface area contributed by atoms with Crippen molar-refractivity contribution >= 4 is 17.4 Å². The Morgan fingerprint density at radius 2 is 1.85 bits per heavy atom. The number of hydrogen-bond acceptors (Lipinski definition) is 3. The number of carbonyl (C=O) groups is 1. The zero-order valence-corrected chi connectivity index (χ0v) is 15.7. The molecule has 5 heteroatoms. The van der Waals surface area contributed by atoms with Crippen LogP contribution >= 0.6 is 11.3 Å². The minimum atomic E-state index is -0.213. The summed E-state index contributed by atoms with van der Waals surface area (Å²) in [7, 11) is 1.63. The Kier molecular flexibility index (Phi) is 5.92. The molecule has 4 nitrogen and oxygen atoms in total. The molecule has 0 fully saturated rings. The minimum Gasteiger partial charge on any atom is -0.496 e. The van der Waals surface area contributed by atoms with Crippen molar-refractivity contribution in [2.45, 2.75) is 19.5 Å². The van der Waals surface area contributed by atoms with Crippen LogP contribution in [0.3, 0.4) is 0 Å². The summed E-state index contributed by atoms with van der Waals surface area (Å²) in [5.74, 6) is 0.765. The number of para-hydroxylation sites is 1. The molecule has 0 bridgehead atoms. The SMILES string of the molecule is COc1ccccc1CNC(=O)N[C@H](c1ccc(C)cc1)c1cccs1. The average Bonchev–Trinajstić information content (AvgIpc) is 3.20. The van der Waals surface area contributed by atoms with Gasteiger partial charge in [-0.05, 0) is 30.0 Å². The summed E-state index contributed by atoms with van der Waals surface area (Å²) in [5, 5.41) is 8.02. The molecular weight excluding hydrogens is 344 g/mol. The fourth-order valence-electron chi connectivity index (χ4n) is 2.74. The van der Waals surface area contributed by atoms with E-state index in [9.17, 15) is 4.79 Å². The summed E-state index contributed by atoms with van der Waals surface area (Å²) in [6, 6.07) is 19.5. The van der Waals surface area contributed by atoms with Crippen LogP contribution < -0.4 is 15.4 Å². The molecule has 3 rings (SSSR count). The highest BCUT2D eigenvalue weighted by atomic mass is 32.1. The number of hydrogen-bond donors (Lipinski definition) is 2. The molecular formula is C21H22N2O2S. The first-order valence-corrected chi connectivity index (χ1v) is 9.31. The third-order valence-electron chi connectivity index (χ3n) is 4.15. The van der Waals surface area contributed by atoms with Gasteiger partial charge in [0.2, 0.25) is 0 Å². The van der Waals surface area contributed by atoms with Crippen LogP contribution in [-0.4, -0.2) is 13.1 Å². The van der Waals surface area contributed by atoms with Gasteiger partial charge >= 0.3 is 6.03 Å². The molecule has 0 aliphatic heterocycles. The van der Waals surface area contributed by atoms with Crippen LogP contribution in [0.5, 0.6) is 5.75 Å². The van der Waals surface area contributed by atoms with E-state index >= 15 is 0 Å². The quantitative estimate of drug-likeness (QED) is 0.667. The Hall–Kier alpha value is -2.79. The molecule has 0 aliphatic rings. The monoisotopic (exact) mass is 366 g/mol. The topological polar surface area (TPSA) is 50.4 Å². The van der Waals surface area contributed by atoms with E-state index in [1.807, 2.05) is 41.8 Å². The van der Waals surface area contributed by atoms with Crippen molar-refractivity contribution in [3.8, 4) is 5.75 Å². The van der Waals surface area contributed by atoms with Crippen LogP contribution in [0.4, 0.5) is 4.79 Å². The van der Waals surface area contributed by atoms with Crippen molar-refractivity contribution in [1.29, 1.82) is 0 Å². The first kappa shape index (κ1) is 18.0. The minimum absolute atomic E-state index is 0.173. The van der Waals surface area contributed by atoms with Gasteiger partial charge in [-0.1, -0.05) is 54.1 Å². The second-order valence-corrected chi connectivity index (χ2v) is 6.98. The van der Waals surface area contributed by atoms with Crippen LogP contribution in [0, 0.1) is 6.92 Å². The van der Waals surface area contributed by atoms with E-state index in [4.69, 9.17) is 4.74 Å². The maximum Gasteiger partial charge on any atom is 0.315 e. The number of urea groups is 1. The smallest absolute Gasteiger partial charge is 0.315 e. The number of ether oxygens (including phenoxy) is 1. The average molecular weight is 366 g/mol. The van der Waals surface area contributed by atoms with E-state index in [2.05, 4.69) is 41.8 Å². The second kappa shape index (κ2) is 8.54. The van der Waals surface area contributed by atoms with Crippen molar-refractivity contribution < 1.29 is 9.53 Å². The van der Waals surface area contributed by atoms with Crippen molar-refractivity contribution in [2.75, 3.05) is 7.11 Å². The van der Waals surface area contributed by atoms with E-state index in [-0.39, 0.29) is 12.1 Å². The van der Waals surface area contributed by atoms with Crippen molar-refractivity contribution in [3.63, 3.8) is 0 Å². The lowest BCUT2D eigenvalue weighted by Gasteiger charge is -2.19. The van der Waals surface area contributed by atoms with Gasteiger partial charge in [-0.2, -0.15) is 0 Å². The number of methoxy groups -OCH3 is 1. The van der Waals surface area contributed by atoms with Crippen LogP contribution in [-0.2, 0) is 6.54 Å². The van der Waals surface area contributed by atoms with Crippen LogP contribution in [0.1, 0.15) is 27.6 Å².